The molecule has 8 nitrogen and oxygen atoms in total. The lowest BCUT2D eigenvalue weighted by Gasteiger charge is -2.22. The van der Waals surface area contributed by atoms with Gasteiger partial charge in [0.2, 0.25) is 5.91 Å². The lowest BCUT2D eigenvalue weighted by Crippen LogP contribution is -2.44. The first-order chi connectivity index (χ1) is 15.5. The third kappa shape index (κ3) is 3.23. The number of carbonyl (C=O) groups is 3. The predicted molar refractivity (Wildman–Crippen MR) is 119 cm³/mol. The zero-order valence-corrected chi connectivity index (χ0v) is 17.9. The highest BCUT2D eigenvalue weighted by Gasteiger charge is 2.55. The van der Waals surface area contributed by atoms with E-state index in [1.54, 1.807) is 0 Å². The molecule has 4 amide bonds. The molecular formula is C24H25N5O3. The number of aryl methyl sites for hydroxylation is 3. The molecular weight excluding hydrogens is 406 g/mol. The van der Waals surface area contributed by atoms with E-state index < -0.39 is 11.6 Å². The average molecular weight is 431 g/mol. The van der Waals surface area contributed by atoms with Gasteiger partial charge in [-0.05, 0) is 49.4 Å². The Morgan fingerprint density at radius 2 is 1.94 bits per heavy atom. The molecule has 1 spiro atoms. The standard InChI is InChI=1S/C24H25N5O3/c1-16-26-19-9-4-5-10-20(19)28(16)14-6-13-25-21(30)15-29-22(31)24(27-23(29)32)12-11-17-7-2-3-8-18(17)24/h2-5,7-10H,6,11-15H2,1H3,(H,25,30)(H,27,32). The Morgan fingerprint density at radius 3 is 2.81 bits per heavy atom. The van der Waals surface area contributed by atoms with Crippen LogP contribution >= 0.6 is 0 Å². The molecule has 32 heavy (non-hydrogen) atoms. The largest absolute Gasteiger partial charge is 0.354 e. The quantitative estimate of drug-likeness (QED) is 0.462. The van der Waals surface area contributed by atoms with Gasteiger partial charge in [-0.25, -0.2) is 9.78 Å². The van der Waals surface area contributed by atoms with E-state index in [0.717, 1.165) is 45.9 Å². The summed E-state index contributed by atoms with van der Waals surface area (Å²) in [5.41, 5.74) is 2.89. The molecule has 1 saturated heterocycles. The van der Waals surface area contributed by atoms with Crippen molar-refractivity contribution in [2.45, 2.75) is 38.3 Å². The molecule has 3 aromatic rings. The van der Waals surface area contributed by atoms with Crippen LogP contribution in [-0.4, -0.2) is 45.4 Å². The summed E-state index contributed by atoms with van der Waals surface area (Å²) in [6.45, 7) is 2.85. The molecule has 0 bridgehead atoms. The van der Waals surface area contributed by atoms with E-state index >= 15 is 0 Å². The summed E-state index contributed by atoms with van der Waals surface area (Å²) in [6, 6.07) is 15.1. The molecule has 2 heterocycles. The number of amides is 4. The molecule has 1 unspecified atom stereocenters. The van der Waals surface area contributed by atoms with Gasteiger partial charge in [-0.3, -0.25) is 14.5 Å². The molecule has 2 aromatic carbocycles. The number of benzene rings is 2. The Hall–Kier alpha value is -3.68. The van der Waals surface area contributed by atoms with Crippen molar-refractivity contribution in [1.82, 2.24) is 25.1 Å². The van der Waals surface area contributed by atoms with Crippen LogP contribution in [0, 0.1) is 6.92 Å². The summed E-state index contributed by atoms with van der Waals surface area (Å²) in [4.78, 5) is 43.7. The van der Waals surface area contributed by atoms with Crippen LogP contribution in [0.1, 0.15) is 29.8 Å². The third-order valence-corrected chi connectivity index (χ3v) is 6.45. The highest BCUT2D eigenvalue weighted by Crippen LogP contribution is 2.41. The van der Waals surface area contributed by atoms with Gasteiger partial charge in [-0.15, -0.1) is 0 Å². The maximum atomic E-state index is 13.1. The number of hydrogen-bond acceptors (Lipinski definition) is 4. The van der Waals surface area contributed by atoms with Crippen LogP contribution in [0.2, 0.25) is 0 Å². The van der Waals surface area contributed by atoms with Crippen molar-refractivity contribution < 1.29 is 14.4 Å². The summed E-state index contributed by atoms with van der Waals surface area (Å²) in [6.07, 6.45) is 1.96. The van der Waals surface area contributed by atoms with E-state index in [2.05, 4.69) is 20.2 Å². The Morgan fingerprint density at radius 1 is 1.16 bits per heavy atom. The van der Waals surface area contributed by atoms with Gasteiger partial charge in [0.05, 0.1) is 11.0 Å². The second kappa shape index (κ2) is 7.78. The smallest absolute Gasteiger partial charge is 0.325 e. The van der Waals surface area contributed by atoms with E-state index in [9.17, 15) is 14.4 Å². The molecule has 2 aliphatic rings. The molecule has 2 N–H and O–H groups in total. The van der Waals surface area contributed by atoms with Crippen molar-refractivity contribution in [2.24, 2.45) is 0 Å². The van der Waals surface area contributed by atoms with Gasteiger partial charge in [0.1, 0.15) is 17.9 Å². The molecule has 1 aliphatic carbocycles. The number of aromatic nitrogens is 2. The topological polar surface area (TPSA) is 96.3 Å². The van der Waals surface area contributed by atoms with Gasteiger partial charge < -0.3 is 15.2 Å². The second-order valence-electron chi connectivity index (χ2n) is 8.39. The van der Waals surface area contributed by atoms with Gasteiger partial charge in [0, 0.05) is 13.1 Å². The second-order valence-corrected chi connectivity index (χ2v) is 8.39. The van der Waals surface area contributed by atoms with Gasteiger partial charge >= 0.3 is 6.03 Å². The predicted octanol–water partition coefficient (Wildman–Crippen LogP) is 2.24. The van der Waals surface area contributed by atoms with Crippen LogP contribution in [0.15, 0.2) is 48.5 Å². The Balaban J connectivity index is 1.18. The lowest BCUT2D eigenvalue weighted by atomic mass is 9.92. The number of para-hydroxylation sites is 2. The number of imidazole rings is 1. The summed E-state index contributed by atoms with van der Waals surface area (Å²) in [5.74, 6) is 0.242. The van der Waals surface area contributed by atoms with E-state index in [0.29, 0.717) is 19.4 Å². The van der Waals surface area contributed by atoms with Crippen LogP contribution < -0.4 is 10.6 Å². The van der Waals surface area contributed by atoms with E-state index in [1.807, 2.05) is 55.5 Å². The first-order valence-corrected chi connectivity index (χ1v) is 10.9. The van der Waals surface area contributed by atoms with Crippen molar-refractivity contribution in [3.05, 3.63) is 65.5 Å². The minimum atomic E-state index is -1.03. The van der Waals surface area contributed by atoms with Gasteiger partial charge in [-0.2, -0.15) is 0 Å². The number of rotatable bonds is 6. The molecule has 1 atom stereocenters. The number of imide groups is 1. The summed E-state index contributed by atoms with van der Waals surface area (Å²) < 4.78 is 2.13. The Kier molecular flexibility index (Phi) is 4.92. The van der Waals surface area contributed by atoms with Crippen LogP contribution in [0.4, 0.5) is 4.79 Å². The minimum absolute atomic E-state index is 0.276. The van der Waals surface area contributed by atoms with Gasteiger partial charge in [-0.1, -0.05) is 36.4 Å². The number of nitrogens with one attached hydrogen (secondary N) is 2. The van der Waals surface area contributed by atoms with E-state index in [4.69, 9.17) is 0 Å². The monoisotopic (exact) mass is 431 g/mol. The van der Waals surface area contributed by atoms with Crippen molar-refractivity contribution in [3.63, 3.8) is 0 Å². The summed E-state index contributed by atoms with van der Waals surface area (Å²) in [7, 11) is 0. The van der Waals surface area contributed by atoms with E-state index in [-0.39, 0.29) is 18.4 Å². The maximum Gasteiger partial charge on any atom is 0.325 e. The van der Waals surface area contributed by atoms with Crippen molar-refractivity contribution >= 4 is 28.9 Å². The fourth-order valence-corrected chi connectivity index (χ4v) is 4.88. The van der Waals surface area contributed by atoms with Crippen molar-refractivity contribution in [1.29, 1.82) is 0 Å². The zero-order valence-electron chi connectivity index (χ0n) is 17.9. The Bertz CT molecular complexity index is 1230. The number of urea groups is 1. The van der Waals surface area contributed by atoms with Crippen LogP contribution in [-0.2, 0) is 28.1 Å². The molecule has 1 aromatic heterocycles. The van der Waals surface area contributed by atoms with E-state index in [1.165, 1.54) is 0 Å². The maximum absolute atomic E-state index is 13.1. The molecule has 1 aliphatic heterocycles. The van der Waals surface area contributed by atoms with Crippen molar-refractivity contribution in [2.75, 3.05) is 13.1 Å². The van der Waals surface area contributed by atoms with Crippen molar-refractivity contribution in [3.8, 4) is 0 Å². The van der Waals surface area contributed by atoms with Crippen LogP contribution in [0.5, 0.6) is 0 Å². The summed E-state index contributed by atoms with van der Waals surface area (Å²) >= 11 is 0. The number of hydrogen-bond donors (Lipinski definition) is 2. The lowest BCUT2D eigenvalue weighted by molar-refractivity contribution is -0.135. The first-order valence-electron chi connectivity index (χ1n) is 10.9. The molecule has 5 rings (SSSR count). The third-order valence-electron chi connectivity index (χ3n) is 6.45. The van der Waals surface area contributed by atoms with Gasteiger partial charge in [0.25, 0.3) is 5.91 Å². The first kappa shape index (κ1) is 20.2. The number of carbonyl (C=O) groups excluding carboxylic acids is 3. The molecule has 164 valence electrons. The SMILES string of the molecule is Cc1nc2ccccc2n1CCCNC(=O)CN1C(=O)NC2(CCc3ccccc32)C1=O. The average Bonchev–Trinajstić information content (AvgIpc) is 3.39. The van der Waals surface area contributed by atoms with Crippen LogP contribution in [0.3, 0.4) is 0 Å². The fraction of sp³-hybridized carbons (Fsp3) is 0.333. The van der Waals surface area contributed by atoms with Crippen LogP contribution in [0.25, 0.3) is 11.0 Å². The summed E-state index contributed by atoms with van der Waals surface area (Å²) in [5, 5.41) is 5.68. The fourth-order valence-electron chi connectivity index (χ4n) is 4.88. The molecule has 1 fully saturated rings. The number of nitrogens with zero attached hydrogens (tertiary/aromatic N) is 3. The molecule has 0 radical (unpaired) electrons. The molecule has 0 saturated carbocycles. The zero-order chi connectivity index (χ0) is 22.3. The Labute approximate surface area is 185 Å². The number of fused-ring (bicyclic) bond motifs is 3. The molecule has 8 heteroatoms. The van der Waals surface area contributed by atoms with Gasteiger partial charge in [0.15, 0.2) is 0 Å². The highest BCUT2D eigenvalue weighted by molar-refractivity contribution is 6.09. The highest BCUT2D eigenvalue weighted by atomic mass is 16.2. The normalized spacial score (nSPS) is 19.6. The minimum Gasteiger partial charge on any atom is -0.354 e.